The van der Waals surface area contributed by atoms with E-state index in [0.29, 0.717) is 12.2 Å². The van der Waals surface area contributed by atoms with E-state index < -0.39 is 12.0 Å². The van der Waals surface area contributed by atoms with E-state index in [4.69, 9.17) is 10.5 Å². The van der Waals surface area contributed by atoms with Gasteiger partial charge < -0.3 is 20.7 Å². The number of benzene rings is 1. The molecule has 2 aliphatic heterocycles. The number of esters is 1. The molecule has 0 spiro atoms. The van der Waals surface area contributed by atoms with Crippen molar-refractivity contribution in [2.24, 2.45) is 0 Å². The quantitative estimate of drug-likeness (QED) is 0.707. The van der Waals surface area contributed by atoms with Gasteiger partial charge in [-0.2, -0.15) is 15.0 Å². The predicted octanol–water partition coefficient (Wildman–Crippen LogP) is 2.00. The van der Waals surface area contributed by atoms with Crippen molar-refractivity contribution < 1.29 is 14.3 Å². The fourth-order valence-electron chi connectivity index (χ4n) is 3.55. The van der Waals surface area contributed by atoms with E-state index in [-0.39, 0.29) is 35.1 Å². The molecule has 152 valence electrons. The number of ether oxygens (including phenoxy) is 1. The molecule has 0 unspecified atom stereocenters. The van der Waals surface area contributed by atoms with Gasteiger partial charge in [0.05, 0.1) is 4.87 Å². The van der Waals surface area contributed by atoms with Gasteiger partial charge in [-0.15, -0.1) is 11.8 Å². The third kappa shape index (κ3) is 3.98. The standard InChI is InChI=1S/C19H22N6O3S/c1-11-3-5-12(6-4-11)21-18-23-14(22-17(20)24-18)9-28-16(27)13-10-29-19(2)8-7-15(26)25(13)19/h3-6,13H,7-10H2,1-2H3,(H3,20,21,22,23,24)/t13-,19-/m0/s1. The summed E-state index contributed by atoms with van der Waals surface area (Å²) in [6.07, 6.45) is 1.21. The summed E-state index contributed by atoms with van der Waals surface area (Å²) in [7, 11) is 0. The number of fused-ring (bicyclic) bond motifs is 1. The van der Waals surface area contributed by atoms with Crippen LogP contribution in [-0.4, -0.2) is 48.4 Å². The second-order valence-electron chi connectivity index (χ2n) is 7.30. The first-order valence-corrected chi connectivity index (χ1v) is 10.3. The van der Waals surface area contributed by atoms with Crippen molar-refractivity contribution in [1.29, 1.82) is 0 Å². The number of nitrogens with two attached hydrogens (primary N) is 1. The lowest BCUT2D eigenvalue weighted by atomic mass is 10.2. The summed E-state index contributed by atoms with van der Waals surface area (Å²) >= 11 is 1.62. The Labute approximate surface area is 172 Å². The van der Waals surface area contributed by atoms with Crippen LogP contribution in [0, 0.1) is 6.92 Å². The van der Waals surface area contributed by atoms with Crippen molar-refractivity contribution >= 4 is 41.2 Å². The van der Waals surface area contributed by atoms with Crippen molar-refractivity contribution in [3.8, 4) is 0 Å². The molecular weight excluding hydrogens is 392 g/mol. The van der Waals surface area contributed by atoms with Crippen LogP contribution in [0.25, 0.3) is 0 Å². The summed E-state index contributed by atoms with van der Waals surface area (Å²) in [4.78, 5) is 38.5. The van der Waals surface area contributed by atoms with Crippen LogP contribution in [0.15, 0.2) is 24.3 Å². The number of hydrogen-bond acceptors (Lipinski definition) is 9. The number of nitrogens with zero attached hydrogens (tertiary/aromatic N) is 4. The van der Waals surface area contributed by atoms with Crippen molar-refractivity contribution in [2.45, 2.75) is 44.2 Å². The van der Waals surface area contributed by atoms with E-state index in [1.165, 1.54) is 0 Å². The number of carbonyl (C=O) groups excluding carboxylic acids is 2. The minimum absolute atomic E-state index is 0.00607. The number of hydrogen-bond donors (Lipinski definition) is 2. The Morgan fingerprint density at radius 2 is 2.10 bits per heavy atom. The van der Waals surface area contributed by atoms with E-state index in [1.807, 2.05) is 38.1 Å². The van der Waals surface area contributed by atoms with Gasteiger partial charge in [-0.1, -0.05) is 17.7 Å². The second kappa shape index (κ2) is 7.51. The maximum Gasteiger partial charge on any atom is 0.330 e. The number of nitrogen functional groups attached to an aromatic ring is 1. The summed E-state index contributed by atoms with van der Waals surface area (Å²) < 4.78 is 5.41. The zero-order valence-corrected chi connectivity index (χ0v) is 17.0. The molecule has 29 heavy (non-hydrogen) atoms. The summed E-state index contributed by atoms with van der Waals surface area (Å²) in [5, 5.41) is 3.06. The minimum atomic E-state index is -0.579. The normalized spacial score (nSPS) is 23.2. The van der Waals surface area contributed by atoms with Crippen molar-refractivity contribution in [3.05, 3.63) is 35.7 Å². The molecule has 2 saturated heterocycles. The van der Waals surface area contributed by atoms with Crippen LogP contribution in [0.5, 0.6) is 0 Å². The van der Waals surface area contributed by atoms with Crippen molar-refractivity contribution in [2.75, 3.05) is 16.8 Å². The number of anilines is 3. The highest BCUT2D eigenvalue weighted by Gasteiger charge is 2.53. The summed E-state index contributed by atoms with van der Waals surface area (Å²) in [5.41, 5.74) is 7.71. The third-order valence-electron chi connectivity index (χ3n) is 5.07. The van der Waals surface area contributed by atoms with Gasteiger partial charge in [-0.05, 0) is 32.4 Å². The number of rotatable bonds is 5. The number of thioether (sulfide) groups is 1. The highest BCUT2D eigenvalue weighted by Crippen LogP contribution is 2.47. The third-order valence-corrected chi connectivity index (χ3v) is 6.57. The Hall–Kier alpha value is -2.88. The molecule has 1 amide bonds. The van der Waals surface area contributed by atoms with Gasteiger partial charge in [0, 0.05) is 17.9 Å². The SMILES string of the molecule is Cc1ccc(Nc2nc(N)nc(COC(=O)[C@@H]3CS[C@@]4(C)CCC(=O)N34)n2)cc1. The predicted molar refractivity (Wildman–Crippen MR) is 109 cm³/mol. The Kier molecular flexibility index (Phi) is 5.03. The van der Waals surface area contributed by atoms with Gasteiger partial charge >= 0.3 is 5.97 Å². The molecule has 2 aromatic rings. The van der Waals surface area contributed by atoms with Crippen LogP contribution in [0.1, 0.15) is 31.2 Å². The molecule has 3 N–H and O–H groups in total. The smallest absolute Gasteiger partial charge is 0.330 e. The molecule has 9 nitrogen and oxygen atoms in total. The minimum Gasteiger partial charge on any atom is -0.456 e. The highest BCUT2D eigenvalue weighted by molar-refractivity contribution is 8.01. The zero-order valence-electron chi connectivity index (χ0n) is 16.2. The molecule has 2 atom stereocenters. The van der Waals surface area contributed by atoms with Crippen LogP contribution in [0.4, 0.5) is 17.6 Å². The van der Waals surface area contributed by atoms with E-state index in [1.54, 1.807) is 16.7 Å². The summed E-state index contributed by atoms with van der Waals surface area (Å²) in [6.45, 7) is 3.85. The van der Waals surface area contributed by atoms with Crippen LogP contribution in [-0.2, 0) is 20.9 Å². The molecule has 0 bridgehead atoms. The molecular formula is C19H22N6O3S. The first kappa shape index (κ1) is 19.4. The Morgan fingerprint density at radius 1 is 1.34 bits per heavy atom. The van der Waals surface area contributed by atoms with Crippen LogP contribution >= 0.6 is 11.8 Å². The summed E-state index contributed by atoms with van der Waals surface area (Å²) in [5.74, 6) is 0.602. The molecule has 1 aromatic heterocycles. The Balaban J connectivity index is 1.42. The average molecular weight is 414 g/mol. The molecule has 10 heteroatoms. The maximum absolute atomic E-state index is 12.6. The van der Waals surface area contributed by atoms with Gasteiger partial charge in [0.15, 0.2) is 12.4 Å². The summed E-state index contributed by atoms with van der Waals surface area (Å²) in [6, 6.07) is 7.14. The molecule has 4 rings (SSSR count). The molecule has 0 saturated carbocycles. The van der Waals surface area contributed by atoms with E-state index in [9.17, 15) is 9.59 Å². The van der Waals surface area contributed by atoms with E-state index in [0.717, 1.165) is 17.7 Å². The molecule has 0 radical (unpaired) electrons. The Bertz CT molecular complexity index is 953. The molecule has 0 aliphatic carbocycles. The Morgan fingerprint density at radius 3 is 2.86 bits per heavy atom. The zero-order chi connectivity index (χ0) is 20.6. The number of nitrogens with one attached hydrogen (secondary N) is 1. The number of amides is 1. The number of aryl methyl sites for hydroxylation is 1. The molecule has 2 aliphatic rings. The molecule has 1 aromatic carbocycles. The van der Waals surface area contributed by atoms with E-state index >= 15 is 0 Å². The van der Waals surface area contributed by atoms with Crippen LogP contribution in [0.3, 0.4) is 0 Å². The lowest BCUT2D eigenvalue weighted by molar-refractivity contribution is -0.154. The fraction of sp³-hybridized carbons (Fsp3) is 0.421. The topological polar surface area (TPSA) is 123 Å². The van der Waals surface area contributed by atoms with Crippen molar-refractivity contribution in [3.63, 3.8) is 0 Å². The number of aromatic nitrogens is 3. The number of carbonyl (C=O) groups is 2. The molecule has 2 fully saturated rings. The molecule has 3 heterocycles. The van der Waals surface area contributed by atoms with Gasteiger partial charge in [-0.3, -0.25) is 4.79 Å². The van der Waals surface area contributed by atoms with Crippen LogP contribution in [0.2, 0.25) is 0 Å². The first-order chi connectivity index (χ1) is 13.8. The monoisotopic (exact) mass is 414 g/mol. The highest BCUT2D eigenvalue weighted by atomic mass is 32.2. The van der Waals surface area contributed by atoms with Gasteiger partial charge in [0.1, 0.15) is 6.04 Å². The maximum atomic E-state index is 12.6. The second-order valence-corrected chi connectivity index (χ2v) is 8.80. The fourth-order valence-corrected chi connectivity index (χ4v) is 4.97. The van der Waals surface area contributed by atoms with Crippen molar-refractivity contribution in [1.82, 2.24) is 19.9 Å². The van der Waals surface area contributed by atoms with Gasteiger partial charge in [-0.25, -0.2) is 4.79 Å². The lowest BCUT2D eigenvalue weighted by Crippen LogP contribution is -2.46. The van der Waals surface area contributed by atoms with Crippen LogP contribution < -0.4 is 11.1 Å². The first-order valence-electron chi connectivity index (χ1n) is 9.31. The average Bonchev–Trinajstić information content (AvgIpc) is 3.17. The lowest BCUT2D eigenvalue weighted by Gasteiger charge is -2.29. The largest absolute Gasteiger partial charge is 0.456 e. The van der Waals surface area contributed by atoms with E-state index in [2.05, 4.69) is 20.3 Å². The van der Waals surface area contributed by atoms with Gasteiger partial charge in [0.25, 0.3) is 0 Å². The van der Waals surface area contributed by atoms with Gasteiger partial charge in [0.2, 0.25) is 17.8 Å².